The highest BCUT2D eigenvalue weighted by Gasteiger charge is 2.79. The highest BCUT2D eigenvalue weighted by atomic mass is 32.3. The lowest BCUT2D eigenvalue weighted by molar-refractivity contribution is -0.403. The van der Waals surface area contributed by atoms with Crippen LogP contribution in [0.2, 0.25) is 0 Å². The van der Waals surface area contributed by atoms with Crippen molar-refractivity contribution in [2.24, 2.45) is 45.3 Å². The summed E-state index contributed by atoms with van der Waals surface area (Å²) < 4.78 is 186. The molecule has 10 aliphatic rings. The van der Waals surface area contributed by atoms with E-state index in [0.717, 1.165) is 25.5 Å². The van der Waals surface area contributed by atoms with E-state index in [1.165, 1.54) is 6.92 Å². The van der Waals surface area contributed by atoms with Crippen LogP contribution in [0.15, 0.2) is 11.6 Å². The molecule has 10 rings (SSSR count). The highest BCUT2D eigenvalue weighted by molar-refractivity contribution is 7.81. The molecule has 0 unspecified atom stereocenters. The van der Waals surface area contributed by atoms with Crippen molar-refractivity contribution in [3.63, 3.8) is 0 Å². The summed E-state index contributed by atoms with van der Waals surface area (Å²) in [5, 5.41) is 103. The molecule has 6 heterocycles. The fourth-order valence-electron chi connectivity index (χ4n) is 17.6. The fraction of sp³-hybridized carbons (Fsp3) is 0.932. The second-order valence-electron chi connectivity index (χ2n) is 29.2. The van der Waals surface area contributed by atoms with E-state index in [1.807, 2.05) is 20.8 Å². The zero-order valence-corrected chi connectivity index (χ0v) is 57.4. The number of Topliss-reactive ketones (excluding diaryl/α,β-unsaturated/α-hetero) is 1. The Hall–Kier alpha value is -2.31. The fourth-order valence-corrected chi connectivity index (χ4v) is 18.7. The van der Waals surface area contributed by atoms with E-state index in [4.69, 9.17) is 61.0 Å². The van der Waals surface area contributed by atoms with Crippen LogP contribution in [0.25, 0.3) is 0 Å². The number of ether oxygens (including phenoxy) is 12. The molecule has 6 aliphatic heterocycles. The summed E-state index contributed by atoms with van der Waals surface area (Å²) in [6.45, 7) is 11.9. The SMILES string of the molecule is CO[C@@H]1[C@@H](O)[C@H](O[C@@H]2[C@@H](O)[C@H](O[C@H]3[C@H](O)[C@@H](O[C@@H]4OC[C@@H](O)[C@H](O)[C@H]4O)[C@H](O[C@H]4[C@H](O[C@H]5CC[C@]6(C)[C@H]7CC[C@]89C(=O)O[C@@](C)(CCCC(C)C)[C@H]8C(=O)C[C@@]9(C)C7=CC[C@H]6C5(C)C)OC[C@@H](OS(=O)(=O)O)[C@@H]4O)O[C@@H]3C)O[C@H](COS(=O)(=O)O)[C@H]2O)O[C@H](COS(=O)(=O)O)[C@H]1O. The Labute approximate surface area is 561 Å². The van der Waals surface area contributed by atoms with E-state index in [9.17, 15) is 94.5 Å². The Morgan fingerprint density at radius 3 is 1.77 bits per heavy atom. The van der Waals surface area contributed by atoms with Gasteiger partial charge in [-0.15, -0.1) is 0 Å². The molecule has 35 nitrogen and oxygen atoms in total. The highest BCUT2D eigenvalue weighted by Crippen LogP contribution is 2.75. The maximum absolute atomic E-state index is 14.5. The quantitative estimate of drug-likeness (QED) is 0.0294. The standard InChI is InChI=1S/C59H94O35S3/c1-24(2)11-10-16-58(8)48-28(60)19-57(7)27-12-13-33-55(4,5)34(15-17-56(33,6)26(27)14-18-59(48,57)54(70)93-58)88-52-46(38(65)32(21-82-52)94-97(77,78)79)92-53-47(91-49-39(66)35(62)29(61)20-81-49)40(67)43(25(3)85-53)89-51-42(69)45(37(64)31(87-51)23-84-96(74,75)76)90-50-41(68)44(80-9)36(63)30(86-50)22-83-95(71,72)73/h12,24-26,29-53,61-69H,10-11,13-23H2,1-9H3,(H,71,72,73)(H,74,75,76)(H,77,78,79)/t25-,26+,29-,30-,31-,32-,33+,34+,35+,36-,37-,38+,39-,40+,41-,42-,43-,44+,45+,46-,47-,48-,49+,50+,51+,52+,53+,56-,57+,58+,59-/m1/s1. The van der Waals surface area contributed by atoms with Crippen LogP contribution >= 0.6 is 0 Å². The van der Waals surface area contributed by atoms with Crippen molar-refractivity contribution in [2.75, 3.05) is 33.5 Å². The molecule has 0 radical (unpaired) electrons. The van der Waals surface area contributed by atoms with Crippen molar-refractivity contribution in [1.29, 1.82) is 0 Å². The number of ketones is 1. The largest absolute Gasteiger partial charge is 0.458 e. The molecule has 97 heavy (non-hydrogen) atoms. The van der Waals surface area contributed by atoms with Crippen molar-refractivity contribution in [1.82, 2.24) is 0 Å². The van der Waals surface area contributed by atoms with Gasteiger partial charge >= 0.3 is 37.2 Å². The van der Waals surface area contributed by atoms with Crippen LogP contribution in [0.4, 0.5) is 0 Å². The summed E-state index contributed by atoms with van der Waals surface area (Å²) in [6.07, 6.45) is -39.5. The molecule has 0 aromatic carbocycles. The van der Waals surface area contributed by atoms with E-state index < -0.39 is 238 Å². The number of cyclic esters (lactones) is 1. The molecule has 38 heteroatoms. The van der Waals surface area contributed by atoms with Gasteiger partial charge in [-0.05, 0) is 87.4 Å². The molecule has 0 bridgehead atoms. The zero-order chi connectivity index (χ0) is 71.4. The van der Waals surface area contributed by atoms with Gasteiger partial charge in [0.2, 0.25) is 0 Å². The number of hydrogen-bond donors (Lipinski definition) is 12. The van der Waals surface area contributed by atoms with E-state index in [-0.39, 0.29) is 30.0 Å². The average molecular weight is 1460 g/mol. The Kier molecular flexibility index (Phi) is 22.8. The number of hydrogen-bond acceptors (Lipinski definition) is 32. The summed E-state index contributed by atoms with van der Waals surface area (Å²) in [4.78, 5) is 29.0. The zero-order valence-electron chi connectivity index (χ0n) is 54.9. The third kappa shape index (κ3) is 14.9. The summed E-state index contributed by atoms with van der Waals surface area (Å²) in [6, 6.07) is 0. The summed E-state index contributed by atoms with van der Waals surface area (Å²) in [7, 11) is -14.8. The van der Waals surface area contributed by atoms with Gasteiger partial charge in [0.05, 0.1) is 50.0 Å². The van der Waals surface area contributed by atoms with Crippen LogP contribution in [0.3, 0.4) is 0 Å². The first kappa shape index (κ1) is 77.3. The number of aliphatic hydroxyl groups excluding tert-OH is 9. The Balaban J connectivity index is 0.920. The first-order chi connectivity index (χ1) is 45.0. The van der Waals surface area contributed by atoms with Crippen LogP contribution in [-0.4, -0.2) is 283 Å². The molecule has 558 valence electrons. The number of rotatable bonds is 23. The van der Waals surface area contributed by atoms with Crippen molar-refractivity contribution in [3.05, 3.63) is 11.6 Å². The minimum absolute atomic E-state index is 0.0281. The van der Waals surface area contributed by atoms with Gasteiger partial charge in [-0.3, -0.25) is 23.2 Å². The lowest BCUT2D eigenvalue weighted by atomic mass is 9.41. The van der Waals surface area contributed by atoms with Crippen molar-refractivity contribution < 1.29 is 164 Å². The molecule has 4 aliphatic carbocycles. The third-order valence-electron chi connectivity index (χ3n) is 22.4. The molecule has 1 spiro atoms. The summed E-state index contributed by atoms with van der Waals surface area (Å²) >= 11 is 0. The van der Waals surface area contributed by atoms with E-state index in [1.54, 1.807) is 0 Å². The molecule has 0 amide bonds. The van der Waals surface area contributed by atoms with Gasteiger partial charge < -0.3 is 103 Å². The van der Waals surface area contributed by atoms with E-state index in [2.05, 4.69) is 42.1 Å². The van der Waals surface area contributed by atoms with Crippen LogP contribution in [-0.2, 0) is 110 Å². The van der Waals surface area contributed by atoms with Gasteiger partial charge in [0.1, 0.15) is 115 Å². The number of carbonyl (C=O) groups excluding carboxylic acids is 2. The van der Waals surface area contributed by atoms with Crippen LogP contribution in [0, 0.1) is 45.3 Å². The molecule has 9 fully saturated rings. The number of aliphatic hydroxyl groups is 9. The number of methoxy groups -OCH3 is 1. The van der Waals surface area contributed by atoms with Crippen molar-refractivity contribution in [3.8, 4) is 0 Å². The van der Waals surface area contributed by atoms with Crippen LogP contribution in [0.5, 0.6) is 0 Å². The Morgan fingerprint density at radius 2 is 1.18 bits per heavy atom. The monoisotopic (exact) mass is 1460 g/mol. The van der Waals surface area contributed by atoms with Gasteiger partial charge in [-0.2, -0.15) is 25.3 Å². The van der Waals surface area contributed by atoms with Crippen LogP contribution < -0.4 is 0 Å². The van der Waals surface area contributed by atoms with Crippen molar-refractivity contribution in [2.45, 2.75) is 266 Å². The first-order valence-electron chi connectivity index (χ1n) is 32.5. The maximum Gasteiger partial charge on any atom is 0.397 e. The Morgan fingerprint density at radius 1 is 0.608 bits per heavy atom. The molecular formula is C59H94O35S3. The molecule has 12 N–H and O–H groups in total. The topological polar surface area (TPSA) is 518 Å². The Bertz CT molecular complexity index is 3200. The second kappa shape index (κ2) is 28.6. The van der Waals surface area contributed by atoms with Gasteiger partial charge in [0, 0.05) is 18.9 Å². The molecule has 0 aromatic heterocycles. The molecular weight excluding hydrogens is 1360 g/mol. The minimum Gasteiger partial charge on any atom is -0.458 e. The van der Waals surface area contributed by atoms with Gasteiger partial charge in [0.15, 0.2) is 31.5 Å². The first-order valence-corrected chi connectivity index (χ1v) is 36.6. The predicted molar refractivity (Wildman–Crippen MR) is 319 cm³/mol. The summed E-state index contributed by atoms with van der Waals surface area (Å²) in [5.74, 6) is -0.663. The van der Waals surface area contributed by atoms with Gasteiger partial charge in [0.25, 0.3) is 0 Å². The third-order valence-corrected chi connectivity index (χ3v) is 23.8. The summed E-state index contributed by atoms with van der Waals surface area (Å²) in [5.41, 5.74) is -2.91. The second-order valence-corrected chi connectivity index (χ2v) is 32.4. The molecule has 3 saturated carbocycles. The van der Waals surface area contributed by atoms with E-state index >= 15 is 0 Å². The van der Waals surface area contributed by atoms with E-state index in [0.29, 0.717) is 44.4 Å². The molecule has 6 saturated heterocycles. The lowest BCUT2D eigenvalue weighted by Gasteiger charge is -2.63. The van der Waals surface area contributed by atoms with Gasteiger partial charge in [-0.25, -0.2) is 12.5 Å². The average Bonchev–Trinajstić information content (AvgIpc) is 1.52. The number of esters is 1. The lowest BCUT2D eigenvalue weighted by Crippen LogP contribution is -2.68. The normalized spacial score (nSPS) is 47.9. The molecule has 0 aromatic rings. The maximum atomic E-state index is 14.5. The number of carbonyl (C=O) groups is 2. The predicted octanol–water partition coefficient (Wildman–Crippen LogP) is -2.18. The van der Waals surface area contributed by atoms with Gasteiger partial charge in [-0.1, -0.05) is 59.6 Å². The number of allylic oxidation sites excluding steroid dienone is 2. The minimum atomic E-state index is -5.34. The van der Waals surface area contributed by atoms with Crippen molar-refractivity contribution >= 4 is 42.9 Å². The number of fused-ring (bicyclic) bond motifs is 4. The smallest absolute Gasteiger partial charge is 0.397 e. The van der Waals surface area contributed by atoms with Crippen LogP contribution in [0.1, 0.15) is 113 Å². The molecule has 31 atom stereocenters.